The molecule has 1 fully saturated rings. The van der Waals surface area contributed by atoms with E-state index >= 15 is 0 Å². The van der Waals surface area contributed by atoms with Crippen LogP contribution in [0, 0.1) is 0 Å². The van der Waals surface area contributed by atoms with E-state index in [0.29, 0.717) is 6.61 Å². The fourth-order valence-electron chi connectivity index (χ4n) is 1.30. The summed E-state index contributed by atoms with van der Waals surface area (Å²) in [4.78, 5) is 0. The van der Waals surface area contributed by atoms with Crippen molar-refractivity contribution in [2.45, 2.75) is 18.4 Å². The van der Waals surface area contributed by atoms with Gasteiger partial charge in [0.1, 0.15) is 5.60 Å². The van der Waals surface area contributed by atoms with Crippen molar-refractivity contribution in [3.05, 3.63) is 0 Å². The Balaban J connectivity index is 2.41. The molecule has 0 aromatic carbocycles. The molecule has 0 bridgehead atoms. The highest BCUT2D eigenvalue weighted by Crippen LogP contribution is 2.24. The van der Waals surface area contributed by atoms with Gasteiger partial charge in [0.25, 0.3) is 0 Å². The molecule has 1 heterocycles. The summed E-state index contributed by atoms with van der Waals surface area (Å²) in [7, 11) is 1.62. The van der Waals surface area contributed by atoms with Crippen LogP contribution in [0.1, 0.15) is 12.8 Å². The van der Waals surface area contributed by atoms with Gasteiger partial charge in [0.05, 0.1) is 13.2 Å². The molecule has 0 spiro atoms. The molecule has 1 atom stereocenters. The minimum atomic E-state index is -0.380. The van der Waals surface area contributed by atoms with Crippen LogP contribution in [0.5, 0.6) is 0 Å². The summed E-state index contributed by atoms with van der Waals surface area (Å²) in [6.07, 6.45) is 1.95. The standard InChI is InChI=1S/C7H14O3/c1-9-6-7(5-8)3-2-4-10-7/h8H,2-6H2,1H3. The van der Waals surface area contributed by atoms with Crippen LogP contribution in [0.4, 0.5) is 0 Å². The van der Waals surface area contributed by atoms with E-state index < -0.39 is 0 Å². The Kier molecular flexibility index (Phi) is 2.65. The first-order valence-electron chi connectivity index (χ1n) is 3.57. The minimum Gasteiger partial charge on any atom is -0.393 e. The molecule has 0 saturated carbocycles. The highest BCUT2D eigenvalue weighted by atomic mass is 16.5. The second-order valence-corrected chi connectivity index (χ2v) is 2.73. The van der Waals surface area contributed by atoms with Crippen LogP contribution in [0.25, 0.3) is 0 Å². The van der Waals surface area contributed by atoms with E-state index in [9.17, 15) is 0 Å². The number of hydrogen-bond donors (Lipinski definition) is 1. The van der Waals surface area contributed by atoms with E-state index in [1.54, 1.807) is 7.11 Å². The molecule has 1 rings (SSSR count). The van der Waals surface area contributed by atoms with E-state index in [1.165, 1.54) is 0 Å². The molecule has 0 radical (unpaired) electrons. The van der Waals surface area contributed by atoms with Crippen molar-refractivity contribution in [2.75, 3.05) is 26.9 Å². The summed E-state index contributed by atoms with van der Waals surface area (Å²) < 4.78 is 10.3. The largest absolute Gasteiger partial charge is 0.393 e. The molecule has 0 aromatic rings. The van der Waals surface area contributed by atoms with Gasteiger partial charge in [-0.25, -0.2) is 0 Å². The fourth-order valence-corrected chi connectivity index (χ4v) is 1.30. The van der Waals surface area contributed by atoms with Crippen LogP contribution in [0.15, 0.2) is 0 Å². The molecular formula is C7H14O3. The van der Waals surface area contributed by atoms with E-state index in [4.69, 9.17) is 14.6 Å². The Morgan fingerprint density at radius 3 is 2.90 bits per heavy atom. The number of aliphatic hydroxyl groups excluding tert-OH is 1. The van der Waals surface area contributed by atoms with Crippen molar-refractivity contribution in [3.63, 3.8) is 0 Å². The zero-order chi connectivity index (χ0) is 7.45. The Morgan fingerprint density at radius 1 is 1.70 bits per heavy atom. The van der Waals surface area contributed by atoms with Crippen molar-refractivity contribution in [1.82, 2.24) is 0 Å². The van der Waals surface area contributed by atoms with E-state index in [-0.39, 0.29) is 12.2 Å². The van der Waals surface area contributed by atoms with Crippen LogP contribution in [-0.4, -0.2) is 37.6 Å². The molecule has 0 aromatic heterocycles. The Morgan fingerprint density at radius 2 is 2.50 bits per heavy atom. The molecule has 1 aliphatic rings. The van der Waals surface area contributed by atoms with Crippen LogP contribution in [0.2, 0.25) is 0 Å². The molecular weight excluding hydrogens is 132 g/mol. The van der Waals surface area contributed by atoms with Gasteiger partial charge in [0.15, 0.2) is 0 Å². The van der Waals surface area contributed by atoms with Gasteiger partial charge in [-0.05, 0) is 12.8 Å². The SMILES string of the molecule is COCC1(CO)CCCO1. The first kappa shape index (κ1) is 7.98. The summed E-state index contributed by atoms with van der Waals surface area (Å²) in [6.45, 7) is 1.33. The molecule has 0 amide bonds. The van der Waals surface area contributed by atoms with Crippen molar-refractivity contribution in [2.24, 2.45) is 0 Å². The van der Waals surface area contributed by atoms with Gasteiger partial charge in [-0.1, -0.05) is 0 Å². The molecule has 10 heavy (non-hydrogen) atoms. The van der Waals surface area contributed by atoms with Gasteiger partial charge in [-0.15, -0.1) is 0 Å². The van der Waals surface area contributed by atoms with Crippen molar-refractivity contribution >= 4 is 0 Å². The lowest BCUT2D eigenvalue weighted by atomic mass is 10.0. The zero-order valence-electron chi connectivity index (χ0n) is 6.30. The summed E-state index contributed by atoms with van der Waals surface area (Å²) in [5, 5.41) is 8.94. The number of rotatable bonds is 3. The maximum Gasteiger partial charge on any atom is 0.114 e. The van der Waals surface area contributed by atoms with Crippen molar-refractivity contribution < 1.29 is 14.6 Å². The highest BCUT2D eigenvalue weighted by Gasteiger charge is 2.34. The lowest BCUT2D eigenvalue weighted by molar-refractivity contribution is -0.0818. The Bertz CT molecular complexity index is 97.0. The lowest BCUT2D eigenvalue weighted by Crippen LogP contribution is -2.37. The summed E-state index contributed by atoms with van der Waals surface area (Å²) in [5.41, 5.74) is -0.380. The third kappa shape index (κ3) is 1.48. The predicted molar refractivity (Wildman–Crippen MR) is 36.9 cm³/mol. The number of ether oxygens (including phenoxy) is 2. The van der Waals surface area contributed by atoms with E-state index in [0.717, 1.165) is 19.4 Å². The molecule has 1 aliphatic heterocycles. The van der Waals surface area contributed by atoms with Crippen LogP contribution < -0.4 is 0 Å². The Labute approximate surface area is 60.9 Å². The second-order valence-electron chi connectivity index (χ2n) is 2.73. The number of methoxy groups -OCH3 is 1. The molecule has 60 valence electrons. The third-order valence-corrected chi connectivity index (χ3v) is 1.88. The van der Waals surface area contributed by atoms with Gasteiger partial charge < -0.3 is 14.6 Å². The Hall–Kier alpha value is -0.120. The smallest absolute Gasteiger partial charge is 0.114 e. The number of hydrogen-bond acceptors (Lipinski definition) is 3. The first-order chi connectivity index (χ1) is 4.83. The minimum absolute atomic E-state index is 0.0703. The quantitative estimate of drug-likeness (QED) is 0.617. The molecule has 3 nitrogen and oxygen atoms in total. The average molecular weight is 146 g/mol. The van der Waals surface area contributed by atoms with Gasteiger partial charge in [-0.2, -0.15) is 0 Å². The van der Waals surface area contributed by atoms with Crippen LogP contribution in [-0.2, 0) is 9.47 Å². The van der Waals surface area contributed by atoms with Gasteiger partial charge in [0, 0.05) is 13.7 Å². The zero-order valence-corrected chi connectivity index (χ0v) is 6.30. The molecule has 1 N–H and O–H groups in total. The highest BCUT2D eigenvalue weighted by molar-refractivity contribution is 4.83. The average Bonchev–Trinajstić information content (AvgIpc) is 2.39. The molecule has 1 saturated heterocycles. The molecule has 1 unspecified atom stereocenters. The molecule has 0 aliphatic carbocycles. The van der Waals surface area contributed by atoms with Gasteiger partial charge >= 0.3 is 0 Å². The maximum absolute atomic E-state index is 8.94. The lowest BCUT2D eigenvalue weighted by Gasteiger charge is -2.24. The van der Waals surface area contributed by atoms with Crippen LogP contribution in [0.3, 0.4) is 0 Å². The summed E-state index contributed by atoms with van der Waals surface area (Å²) in [6, 6.07) is 0. The monoisotopic (exact) mass is 146 g/mol. The second kappa shape index (κ2) is 3.32. The fraction of sp³-hybridized carbons (Fsp3) is 1.00. The van der Waals surface area contributed by atoms with E-state index in [2.05, 4.69) is 0 Å². The third-order valence-electron chi connectivity index (χ3n) is 1.88. The van der Waals surface area contributed by atoms with Gasteiger partial charge in [-0.3, -0.25) is 0 Å². The summed E-state index contributed by atoms with van der Waals surface area (Å²) >= 11 is 0. The first-order valence-corrected chi connectivity index (χ1v) is 3.57. The normalized spacial score (nSPS) is 33.0. The summed E-state index contributed by atoms with van der Waals surface area (Å²) in [5.74, 6) is 0. The van der Waals surface area contributed by atoms with Crippen LogP contribution >= 0.6 is 0 Å². The topological polar surface area (TPSA) is 38.7 Å². The van der Waals surface area contributed by atoms with E-state index in [1.807, 2.05) is 0 Å². The molecule has 3 heteroatoms. The maximum atomic E-state index is 8.94. The van der Waals surface area contributed by atoms with Crippen molar-refractivity contribution in [1.29, 1.82) is 0 Å². The number of aliphatic hydroxyl groups is 1. The van der Waals surface area contributed by atoms with Gasteiger partial charge in [0.2, 0.25) is 0 Å². The predicted octanol–water partition coefficient (Wildman–Crippen LogP) is 0.174. The van der Waals surface area contributed by atoms with Crippen molar-refractivity contribution in [3.8, 4) is 0 Å².